The van der Waals surface area contributed by atoms with Crippen molar-refractivity contribution in [1.29, 1.82) is 0 Å². The molecule has 0 radical (unpaired) electrons. The van der Waals surface area contributed by atoms with Crippen LogP contribution in [0.2, 0.25) is 0 Å². The lowest BCUT2D eigenvalue weighted by molar-refractivity contribution is 0.0954. The Morgan fingerprint density at radius 1 is 1.30 bits per heavy atom. The standard InChI is InChI=1S/C17H24N2O/c1-13(2)15-3-5-16(6-4-15)17(20)19-12-9-14-7-10-18-11-8-14/h3-7,13,18H,8-12H2,1-2H3,(H,19,20). The summed E-state index contributed by atoms with van der Waals surface area (Å²) in [6.45, 7) is 7.04. The lowest BCUT2D eigenvalue weighted by Gasteiger charge is -2.14. The van der Waals surface area contributed by atoms with Crippen molar-refractivity contribution in [3.05, 3.63) is 47.0 Å². The number of amides is 1. The Morgan fingerprint density at radius 2 is 2.05 bits per heavy atom. The fourth-order valence-corrected chi connectivity index (χ4v) is 2.35. The molecule has 20 heavy (non-hydrogen) atoms. The summed E-state index contributed by atoms with van der Waals surface area (Å²) in [7, 11) is 0. The van der Waals surface area contributed by atoms with Gasteiger partial charge in [0.25, 0.3) is 5.91 Å². The highest BCUT2D eigenvalue weighted by molar-refractivity contribution is 5.94. The van der Waals surface area contributed by atoms with E-state index in [9.17, 15) is 4.79 Å². The SMILES string of the molecule is CC(C)c1ccc(C(=O)NCCC2=CCNCC2)cc1. The summed E-state index contributed by atoms with van der Waals surface area (Å²) in [6, 6.07) is 7.90. The molecule has 0 atom stereocenters. The summed E-state index contributed by atoms with van der Waals surface area (Å²) in [6.07, 6.45) is 4.28. The number of nitrogens with one attached hydrogen (secondary N) is 2. The van der Waals surface area contributed by atoms with Crippen LogP contribution in [0.3, 0.4) is 0 Å². The molecule has 0 bridgehead atoms. The molecule has 0 aromatic heterocycles. The van der Waals surface area contributed by atoms with Gasteiger partial charge in [-0.25, -0.2) is 0 Å². The minimum atomic E-state index is 0.0230. The number of hydrogen-bond donors (Lipinski definition) is 2. The highest BCUT2D eigenvalue weighted by atomic mass is 16.1. The van der Waals surface area contributed by atoms with Gasteiger partial charge in [-0.2, -0.15) is 0 Å². The first-order valence-corrected chi connectivity index (χ1v) is 7.43. The summed E-state index contributed by atoms with van der Waals surface area (Å²) in [4.78, 5) is 12.0. The largest absolute Gasteiger partial charge is 0.352 e. The first kappa shape index (κ1) is 14.8. The van der Waals surface area contributed by atoms with Crippen molar-refractivity contribution in [1.82, 2.24) is 10.6 Å². The van der Waals surface area contributed by atoms with Crippen LogP contribution in [0.1, 0.15) is 48.5 Å². The van der Waals surface area contributed by atoms with Crippen LogP contribution < -0.4 is 10.6 Å². The highest BCUT2D eigenvalue weighted by Gasteiger charge is 2.07. The van der Waals surface area contributed by atoms with Gasteiger partial charge in [-0.3, -0.25) is 4.79 Å². The van der Waals surface area contributed by atoms with E-state index in [4.69, 9.17) is 0 Å². The van der Waals surface area contributed by atoms with Crippen molar-refractivity contribution in [3.8, 4) is 0 Å². The van der Waals surface area contributed by atoms with Gasteiger partial charge in [0.05, 0.1) is 0 Å². The summed E-state index contributed by atoms with van der Waals surface area (Å²) >= 11 is 0. The summed E-state index contributed by atoms with van der Waals surface area (Å²) in [5.74, 6) is 0.522. The topological polar surface area (TPSA) is 41.1 Å². The Morgan fingerprint density at radius 3 is 2.65 bits per heavy atom. The van der Waals surface area contributed by atoms with Crippen molar-refractivity contribution in [2.24, 2.45) is 0 Å². The first-order valence-electron chi connectivity index (χ1n) is 7.43. The van der Waals surface area contributed by atoms with Crippen LogP contribution in [0.25, 0.3) is 0 Å². The molecule has 1 aromatic rings. The molecule has 1 aliphatic rings. The second kappa shape index (κ2) is 7.25. The van der Waals surface area contributed by atoms with Gasteiger partial charge in [0.2, 0.25) is 0 Å². The third-order valence-electron chi connectivity index (χ3n) is 3.73. The Balaban J connectivity index is 1.80. The fraction of sp³-hybridized carbons (Fsp3) is 0.471. The normalized spacial score (nSPS) is 15.1. The van der Waals surface area contributed by atoms with Crippen LogP contribution in [0.15, 0.2) is 35.9 Å². The molecule has 0 spiro atoms. The van der Waals surface area contributed by atoms with Gasteiger partial charge in [0.15, 0.2) is 0 Å². The van der Waals surface area contributed by atoms with Crippen molar-refractivity contribution in [3.63, 3.8) is 0 Å². The van der Waals surface area contributed by atoms with E-state index in [-0.39, 0.29) is 5.91 Å². The molecular formula is C17H24N2O. The minimum absolute atomic E-state index is 0.0230. The van der Waals surface area contributed by atoms with Gasteiger partial charge in [0.1, 0.15) is 0 Å². The first-order chi connectivity index (χ1) is 9.66. The molecule has 108 valence electrons. The lowest BCUT2D eigenvalue weighted by Crippen LogP contribution is -2.26. The lowest BCUT2D eigenvalue weighted by atomic mass is 10.0. The molecule has 2 N–H and O–H groups in total. The van der Waals surface area contributed by atoms with Gasteiger partial charge in [-0.1, -0.05) is 37.6 Å². The van der Waals surface area contributed by atoms with Crippen molar-refractivity contribution < 1.29 is 4.79 Å². The molecule has 3 nitrogen and oxygen atoms in total. The van der Waals surface area contributed by atoms with E-state index in [0.717, 1.165) is 38.0 Å². The molecule has 0 saturated heterocycles. The zero-order valence-corrected chi connectivity index (χ0v) is 12.4. The van der Waals surface area contributed by atoms with E-state index in [1.165, 1.54) is 11.1 Å². The molecule has 0 saturated carbocycles. The molecule has 1 amide bonds. The molecular weight excluding hydrogens is 248 g/mol. The Hall–Kier alpha value is -1.61. The maximum atomic E-state index is 12.0. The van der Waals surface area contributed by atoms with Crippen LogP contribution in [-0.2, 0) is 0 Å². The summed E-state index contributed by atoms with van der Waals surface area (Å²) < 4.78 is 0. The Labute approximate surface area is 121 Å². The number of benzene rings is 1. The highest BCUT2D eigenvalue weighted by Crippen LogP contribution is 2.14. The predicted octanol–water partition coefficient (Wildman–Crippen LogP) is 2.85. The van der Waals surface area contributed by atoms with E-state index < -0.39 is 0 Å². The third-order valence-corrected chi connectivity index (χ3v) is 3.73. The monoisotopic (exact) mass is 272 g/mol. The second-order valence-corrected chi connectivity index (χ2v) is 5.60. The van der Waals surface area contributed by atoms with Gasteiger partial charge in [-0.15, -0.1) is 0 Å². The molecule has 2 rings (SSSR count). The van der Waals surface area contributed by atoms with E-state index in [1.54, 1.807) is 0 Å². The van der Waals surface area contributed by atoms with E-state index in [0.29, 0.717) is 5.92 Å². The molecule has 0 unspecified atom stereocenters. The zero-order valence-electron chi connectivity index (χ0n) is 12.4. The zero-order chi connectivity index (χ0) is 14.4. The van der Waals surface area contributed by atoms with Crippen LogP contribution in [-0.4, -0.2) is 25.5 Å². The number of rotatable bonds is 5. The molecule has 1 aliphatic heterocycles. The number of carbonyl (C=O) groups is 1. The maximum absolute atomic E-state index is 12.0. The Bertz CT molecular complexity index is 474. The number of carbonyl (C=O) groups excluding carboxylic acids is 1. The van der Waals surface area contributed by atoms with Crippen molar-refractivity contribution in [2.45, 2.75) is 32.6 Å². The van der Waals surface area contributed by atoms with Gasteiger partial charge in [0, 0.05) is 18.7 Å². The Kier molecular flexibility index (Phi) is 5.36. The molecule has 0 fully saturated rings. The second-order valence-electron chi connectivity index (χ2n) is 5.60. The quantitative estimate of drug-likeness (QED) is 0.809. The van der Waals surface area contributed by atoms with Gasteiger partial charge >= 0.3 is 0 Å². The van der Waals surface area contributed by atoms with Crippen LogP contribution in [0.4, 0.5) is 0 Å². The van der Waals surface area contributed by atoms with Crippen LogP contribution in [0, 0.1) is 0 Å². The van der Waals surface area contributed by atoms with Crippen LogP contribution >= 0.6 is 0 Å². The molecule has 1 heterocycles. The average Bonchev–Trinajstić information content (AvgIpc) is 2.48. The molecule has 1 aromatic carbocycles. The summed E-state index contributed by atoms with van der Waals surface area (Å²) in [5.41, 5.74) is 3.45. The van der Waals surface area contributed by atoms with E-state index >= 15 is 0 Å². The number of hydrogen-bond acceptors (Lipinski definition) is 2. The third kappa shape index (κ3) is 4.20. The smallest absolute Gasteiger partial charge is 0.251 e. The van der Waals surface area contributed by atoms with Crippen molar-refractivity contribution in [2.75, 3.05) is 19.6 Å². The van der Waals surface area contributed by atoms with Crippen LogP contribution in [0.5, 0.6) is 0 Å². The maximum Gasteiger partial charge on any atom is 0.251 e. The summed E-state index contributed by atoms with van der Waals surface area (Å²) in [5, 5.41) is 6.29. The predicted molar refractivity (Wildman–Crippen MR) is 83.1 cm³/mol. The van der Waals surface area contributed by atoms with Gasteiger partial charge in [-0.05, 0) is 43.0 Å². The average molecular weight is 272 g/mol. The molecule has 0 aliphatic carbocycles. The fourth-order valence-electron chi connectivity index (χ4n) is 2.35. The minimum Gasteiger partial charge on any atom is -0.352 e. The van der Waals surface area contributed by atoms with Gasteiger partial charge < -0.3 is 10.6 Å². The van der Waals surface area contributed by atoms with E-state index in [2.05, 4.69) is 30.6 Å². The molecule has 3 heteroatoms. The van der Waals surface area contributed by atoms with E-state index in [1.807, 2.05) is 24.3 Å². The van der Waals surface area contributed by atoms with Crippen molar-refractivity contribution >= 4 is 5.91 Å².